The van der Waals surface area contributed by atoms with Gasteiger partial charge < -0.3 is 24.3 Å². The summed E-state index contributed by atoms with van der Waals surface area (Å²) in [5.74, 6) is -4.57. The Morgan fingerprint density at radius 2 is 2.02 bits per heavy atom. The standard InChI is InChI=1S/C29H30BFN2O8/c1-39-15-18-13-19-26(28(36)33(27(19)35)29(37)40-2)20-14-30(38)41-24(25(18)20)9-7-17(22-5-3-4-10-32-22)11-16-6-8-23(34)21(31)12-16/h3-6,8,10-12,19-20,24,26,34,38H,7,9,13-15H2,1-2H3/b17-11-/t19-,20+,24-,26-/m1/s1. The second-order valence-electron chi connectivity index (χ2n) is 10.4. The Bertz CT molecular complexity index is 1410. The van der Waals surface area contributed by atoms with Crippen molar-refractivity contribution in [3.8, 4) is 5.75 Å². The van der Waals surface area contributed by atoms with Crippen LogP contribution in [-0.4, -0.2) is 72.0 Å². The quantitative estimate of drug-likeness (QED) is 0.295. The smallest absolute Gasteiger partial charge is 0.455 e. The van der Waals surface area contributed by atoms with Gasteiger partial charge in [0.25, 0.3) is 0 Å². The van der Waals surface area contributed by atoms with Crippen molar-refractivity contribution < 1.29 is 43.0 Å². The predicted octanol–water partition coefficient (Wildman–Crippen LogP) is 3.46. The normalized spacial score (nSPS) is 24.4. The molecule has 0 unspecified atom stereocenters. The third kappa shape index (κ3) is 5.55. The third-order valence-electron chi connectivity index (χ3n) is 7.97. The number of pyridine rings is 1. The van der Waals surface area contributed by atoms with Crippen molar-refractivity contribution in [2.75, 3.05) is 20.8 Å². The lowest BCUT2D eigenvalue weighted by Crippen LogP contribution is -2.46. The first-order chi connectivity index (χ1) is 19.7. The number of aromatic hydroxyl groups is 1. The monoisotopic (exact) mass is 564 g/mol. The first-order valence-electron chi connectivity index (χ1n) is 13.3. The minimum absolute atomic E-state index is 0.0873. The van der Waals surface area contributed by atoms with E-state index in [0.29, 0.717) is 29.0 Å². The molecule has 1 aromatic carbocycles. The van der Waals surface area contributed by atoms with Crippen molar-refractivity contribution in [1.29, 1.82) is 0 Å². The van der Waals surface area contributed by atoms with Crippen LogP contribution in [0.25, 0.3) is 11.6 Å². The van der Waals surface area contributed by atoms with Crippen molar-refractivity contribution in [1.82, 2.24) is 9.88 Å². The molecule has 0 bridgehead atoms. The number of phenols is 1. The van der Waals surface area contributed by atoms with E-state index in [-0.39, 0.29) is 19.3 Å². The summed E-state index contributed by atoms with van der Waals surface area (Å²) in [5, 5.41) is 20.3. The highest BCUT2D eigenvalue weighted by Gasteiger charge is 2.59. The molecule has 2 aliphatic heterocycles. The van der Waals surface area contributed by atoms with Crippen molar-refractivity contribution in [3.05, 3.63) is 70.8 Å². The Kier molecular flexibility index (Phi) is 8.34. The molecule has 1 aromatic heterocycles. The Morgan fingerprint density at radius 3 is 2.71 bits per heavy atom. The molecule has 0 saturated carbocycles. The number of benzene rings is 1. The molecule has 2 saturated heterocycles. The SMILES string of the molecule is COCC1=C2[C@@H](CC/C(=C/c3ccc(O)c(F)c3)c3ccccn3)OB(O)C[C@@H]2[C@@H]2C(=O)N(C(=O)OC)C(=O)[C@@H]2C1. The van der Waals surface area contributed by atoms with Gasteiger partial charge in [0, 0.05) is 13.3 Å². The van der Waals surface area contributed by atoms with Crippen LogP contribution in [0.3, 0.4) is 0 Å². The van der Waals surface area contributed by atoms with Gasteiger partial charge in [0.2, 0.25) is 11.8 Å². The van der Waals surface area contributed by atoms with Crippen LogP contribution in [-0.2, 0) is 23.7 Å². The number of fused-ring (bicyclic) bond motifs is 3. The number of carbonyl (C=O) groups excluding carboxylic acids is 3. The first-order valence-corrected chi connectivity index (χ1v) is 13.3. The molecule has 3 amide bonds. The van der Waals surface area contributed by atoms with E-state index >= 15 is 0 Å². The molecular weight excluding hydrogens is 534 g/mol. The summed E-state index contributed by atoms with van der Waals surface area (Å²) < 4.78 is 30.2. The number of likely N-dealkylation sites (tertiary alicyclic amines) is 1. The lowest BCUT2D eigenvalue weighted by Gasteiger charge is -2.43. The molecule has 3 heterocycles. The Balaban J connectivity index is 1.48. The van der Waals surface area contributed by atoms with Crippen LogP contribution in [0.1, 0.15) is 30.5 Å². The van der Waals surface area contributed by atoms with E-state index in [9.17, 15) is 28.9 Å². The van der Waals surface area contributed by atoms with Gasteiger partial charge >= 0.3 is 13.2 Å². The summed E-state index contributed by atoms with van der Waals surface area (Å²) in [6, 6.07) is 9.54. The number of nitrogens with zero attached hydrogens (tertiary/aromatic N) is 2. The van der Waals surface area contributed by atoms with Crippen LogP contribution in [0.2, 0.25) is 6.32 Å². The Hall–Kier alpha value is -3.87. The largest absolute Gasteiger partial charge is 0.505 e. The number of carbonyl (C=O) groups is 3. The number of imide groups is 3. The lowest BCUT2D eigenvalue weighted by atomic mass is 9.58. The minimum Gasteiger partial charge on any atom is -0.505 e. The fourth-order valence-electron chi connectivity index (χ4n) is 6.27. The topological polar surface area (TPSA) is 135 Å². The molecule has 2 N–H and O–H groups in total. The fraction of sp³-hybridized carbons (Fsp3) is 0.379. The number of hydrogen-bond donors (Lipinski definition) is 2. The summed E-state index contributed by atoms with van der Waals surface area (Å²) in [6.45, 7) is 0.195. The maximum Gasteiger partial charge on any atom is 0.455 e. The highest BCUT2D eigenvalue weighted by molar-refractivity contribution is 6.43. The van der Waals surface area contributed by atoms with Crippen LogP contribution < -0.4 is 0 Å². The predicted molar refractivity (Wildman–Crippen MR) is 145 cm³/mol. The Morgan fingerprint density at radius 1 is 1.22 bits per heavy atom. The van der Waals surface area contributed by atoms with Crippen LogP contribution in [0.4, 0.5) is 9.18 Å². The number of phenolic OH excluding ortho intramolecular Hbond substituents is 1. The average Bonchev–Trinajstić information content (AvgIpc) is 3.22. The molecule has 0 radical (unpaired) electrons. The highest BCUT2D eigenvalue weighted by Crippen LogP contribution is 2.50. The molecule has 4 atom stereocenters. The number of hydrogen-bond acceptors (Lipinski definition) is 9. The molecule has 5 rings (SSSR count). The number of methoxy groups -OCH3 is 2. The van der Waals surface area contributed by atoms with Gasteiger partial charge in [-0.05, 0) is 84.1 Å². The van der Waals surface area contributed by atoms with Crippen molar-refractivity contribution in [2.24, 2.45) is 17.8 Å². The minimum atomic E-state index is -1.19. The fourth-order valence-corrected chi connectivity index (χ4v) is 6.27. The van der Waals surface area contributed by atoms with Crippen molar-refractivity contribution in [3.63, 3.8) is 0 Å². The number of aromatic nitrogens is 1. The maximum atomic E-state index is 14.1. The summed E-state index contributed by atoms with van der Waals surface area (Å²) in [6.07, 6.45) is 2.86. The summed E-state index contributed by atoms with van der Waals surface area (Å²) in [4.78, 5) is 43.8. The number of rotatable bonds is 7. The van der Waals surface area contributed by atoms with Crippen molar-refractivity contribution in [2.45, 2.75) is 31.7 Å². The van der Waals surface area contributed by atoms with Crippen LogP contribution in [0, 0.1) is 23.6 Å². The molecule has 2 fully saturated rings. The number of amides is 3. The van der Waals surface area contributed by atoms with Crippen LogP contribution >= 0.6 is 0 Å². The van der Waals surface area contributed by atoms with Gasteiger partial charge in [-0.2, -0.15) is 4.90 Å². The molecular formula is C29H30BFN2O8. The second kappa shape index (κ2) is 11.9. The van der Waals surface area contributed by atoms with Gasteiger partial charge in [-0.1, -0.05) is 12.1 Å². The molecule has 1 aliphatic carbocycles. The maximum absolute atomic E-state index is 14.1. The van der Waals surface area contributed by atoms with Gasteiger partial charge in [0.1, 0.15) is 0 Å². The average molecular weight is 564 g/mol. The third-order valence-corrected chi connectivity index (χ3v) is 7.97. The molecule has 214 valence electrons. The summed E-state index contributed by atoms with van der Waals surface area (Å²) >= 11 is 0. The summed E-state index contributed by atoms with van der Waals surface area (Å²) in [7, 11) is 1.45. The Labute approximate surface area is 236 Å². The van der Waals surface area contributed by atoms with E-state index in [1.165, 1.54) is 19.2 Å². The van der Waals surface area contributed by atoms with E-state index < -0.39 is 60.5 Å². The zero-order valence-electron chi connectivity index (χ0n) is 22.7. The van der Waals surface area contributed by atoms with E-state index in [1.807, 2.05) is 12.1 Å². The lowest BCUT2D eigenvalue weighted by molar-refractivity contribution is -0.137. The zero-order valence-corrected chi connectivity index (χ0v) is 22.7. The summed E-state index contributed by atoms with van der Waals surface area (Å²) in [5.41, 5.74) is 3.55. The van der Waals surface area contributed by atoms with Gasteiger partial charge in [-0.25, -0.2) is 9.18 Å². The van der Waals surface area contributed by atoms with Gasteiger partial charge in [0.15, 0.2) is 11.6 Å². The van der Waals surface area contributed by atoms with Crippen molar-refractivity contribution >= 4 is 36.7 Å². The number of ether oxygens (including phenoxy) is 2. The molecule has 12 heteroatoms. The first kappa shape index (κ1) is 28.7. The van der Waals surface area contributed by atoms with E-state index in [0.717, 1.165) is 23.8 Å². The van der Waals surface area contributed by atoms with Gasteiger partial charge in [0.05, 0.1) is 37.4 Å². The number of halogens is 1. The van der Waals surface area contributed by atoms with E-state index in [2.05, 4.69) is 9.72 Å². The number of allylic oxidation sites excluding steroid dienone is 1. The van der Waals surface area contributed by atoms with Crippen LogP contribution in [0.15, 0.2) is 53.7 Å². The molecule has 3 aliphatic rings. The highest BCUT2D eigenvalue weighted by atomic mass is 19.1. The van der Waals surface area contributed by atoms with Gasteiger partial charge in [-0.15, -0.1) is 0 Å². The molecule has 0 spiro atoms. The van der Waals surface area contributed by atoms with Crippen LogP contribution in [0.5, 0.6) is 5.75 Å². The van der Waals surface area contributed by atoms with E-state index in [1.54, 1.807) is 24.4 Å². The molecule has 41 heavy (non-hydrogen) atoms. The second-order valence-corrected chi connectivity index (χ2v) is 10.4. The van der Waals surface area contributed by atoms with E-state index in [4.69, 9.17) is 9.39 Å². The van der Waals surface area contributed by atoms with Gasteiger partial charge in [-0.3, -0.25) is 14.6 Å². The molecule has 2 aromatic rings. The zero-order chi connectivity index (χ0) is 29.3. The molecule has 10 nitrogen and oxygen atoms in total.